The summed E-state index contributed by atoms with van der Waals surface area (Å²) < 4.78 is 1.21. The number of benzene rings is 1. The van der Waals surface area contributed by atoms with Crippen LogP contribution in [0.15, 0.2) is 33.5 Å². The Morgan fingerprint density at radius 3 is 3.15 bits per heavy atom. The number of aliphatic imine (C=N–C) groups is 1. The third-order valence-corrected chi connectivity index (χ3v) is 5.78. The van der Waals surface area contributed by atoms with Crippen LogP contribution in [0.1, 0.15) is 5.56 Å². The van der Waals surface area contributed by atoms with Gasteiger partial charge in [0, 0.05) is 37.5 Å². The zero-order valence-electron chi connectivity index (χ0n) is 10.5. The number of fused-ring (bicyclic) bond motifs is 2. The smallest absolute Gasteiger partial charge is 0.168 e. The van der Waals surface area contributed by atoms with Gasteiger partial charge in [-0.15, -0.1) is 11.3 Å². The summed E-state index contributed by atoms with van der Waals surface area (Å²) in [6, 6.07) is 5.96. The summed E-state index contributed by atoms with van der Waals surface area (Å²) in [5.41, 5.74) is 2.25. The molecule has 1 aromatic carbocycles. The minimum Gasteiger partial charge on any atom is -0.391 e. The lowest BCUT2D eigenvalue weighted by Gasteiger charge is -2.16. The van der Waals surface area contributed by atoms with E-state index in [9.17, 15) is 5.11 Å². The Kier molecular flexibility index (Phi) is 3.03. The number of halogens is 1. The molecule has 4 rings (SSSR count). The molecule has 2 aliphatic heterocycles. The SMILES string of the molecule is OCC1=C(c2csc3ccc(Cl)cc23)N2CCN=C2S1. The number of hydrogen-bond acceptors (Lipinski definition) is 5. The number of rotatable bonds is 2. The Labute approximate surface area is 129 Å². The molecular formula is C14H11ClN2OS2. The van der Waals surface area contributed by atoms with Crippen LogP contribution in [-0.2, 0) is 0 Å². The second-order valence-electron chi connectivity index (χ2n) is 4.64. The first-order valence-electron chi connectivity index (χ1n) is 6.29. The molecule has 0 unspecified atom stereocenters. The Morgan fingerprint density at radius 1 is 1.40 bits per heavy atom. The first-order chi connectivity index (χ1) is 9.78. The fourth-order valence-electron chi connectivity index (χ4n) is 2.62. The Bertz CT molecular complexity index is 766. The van der Waals surface area contributed by atoms with E-state index in [1.54, 1.807) is 23.1 Å². The van der Waals surface area contributed by atoms with Gasteiger partial charge in [0.1, 0.15) is 0 Å². The number of aliphatic hydroxyl groups is 1. The standard InChI is InChI=1S/C14H11ClN2OS2/c15-8-1-2-11-9(5-8)10(7-19-11)13-12(6-18)20-14-16-3-4-17(13)14/h1-2,5,7,18H,3-4,6H2. The first kappa shape index (κ1) is 12.7. The van der Waals surface area contributed by atoms with Gasteiger partial charge >= 0.3 is 0 Å². The van der Waals surface area contributed by atoms with Gasteiger partial charge in [0.05, 0.1) is 18.8 Å². The van der Waals surface area contributed by atoms with Crippen molar-refractivity contribution in [2.24, 2.45) is 4.99 Å². The molecule has 102 valence electrons. The predicted molar refractivity (Wildman–Crippen MR) is 87.4 cm³/mol. The second-order valence-corrected chi connectivity index (χ2v) is 7.05. The van der Waals surface area contributed by atoms with Gasteiger partial charge in [-0.2, -0.15) is 0 Å². The average molecular weight is 323 g/mol. The highest BCUT2D eigenvalue weighted by molar-refractivity contribution is 8.17. The van der Waals surface area contributed by atoms with Crippen molar-refractivity contribution in [1.29, 1.82) is 0 Å². The molecule has 2 aliphatic rings. The van der Waals surface area contributed by atoms with Gasteiger partial charge < -0.3 is 10.0 Å². The number of aliphatic hydroxyl groups excluding tert-OH is 1. The van der Waals surface area contributed by atoms with Crippen molar-refractivity contribution in [1.82, 2.24) is 4.90 Å². The van der Waals surface area contributed by atoms with Crippen LogP contribution in [-0.4, -0.2) is 34.9 Å². The van der Waals surface area contributed by atoms with E-state index >= 15 is 0 Å². The third-order valence-electron chi connectivity index (χ3n) is 3.48. The lowest BCUT2D eigenvalue weighted by Crippen LogP contribution is -2.19. The van der Waals surface area contributed by atoms with Gasteiger partial charge in [0.15, 0.2) is 5.17 Å². The molecule has 1 N–H and O–H groups in total. The lowest BCUT2D eigenvalue weighted by molar-refractivity contribution is 0.339. The molecule has 0 atom stereocenters. The fraction of sp³-hybridized carbons (Fsp3) is 0.214. The van der Waals surface area contributed by atoms with E-state index < -0.39 is 0 Å². The highest BCUT2D eigenvalue weighted by Gasteiger charge is 2.33. The van der Waals surface area contributed by atoms with Gasteiger partial charge in [-0.1, -0.05) is 23.4 Å². The van der Waals surface area contributed by atoms with Gasteiger partial charge in [-0.25, -0.2) is 0 Å². The molecule has 0 spiro atoms. The van der Waals surface area contributed by atoms with Crippen molar-refractivity contribution < 1.29 is 5.11 Å². The number of thiophene rings is 1. The molecule has 3 nitrogen and oxygen atoms in total. The maximum Gasteiger partial charge on any atom is 0.168 e. The Hall–Kier alpha value is -1.01. The monoisotopic (exact) mass is 322 g/mol. The molecule has 0 fully saturated rings. The number of hydrogen-bond donors (Lipinski definition) is 1. The van der Waals surface area contributed by atoms with E-state index in [1.165, 1.54) is 4.70 Å². The maximum absolute atomic E-state index is 9.63. The molecule has 6 heteroatoms. The van der Waals surface area contributed by atoms with Gasteiger partial charge in [0.2, 0.25) is 0 Å². The van der Waals surface area contributed by atoms with Crippen LogP contribution >= 0.6 is 34.7 Å². The summed E-state index contributed by atoms with van der Waals surface area (Å²) in [7, 11) is 0. The minimum absolute atomic E-state index is 0.0490. The maximum atomic E-state index is 9.63. The molecule has 0 amide bonds. The van der Waals surface area contributed by atoms with Crippen molar-refractivity contribution in [3.63, 3.8) is 0 Å². The molecule has 1 aromatic heterocycles. The van der Waals surface area contributed by atoms with Crippen molar-refractivity contribution in [3.05, 3.63) is 39.1 Å². The van der Waals surface area contributed by atoms with Gasteiger partial charge in [0.25, 0.3) is 0 Å². The van der Waals surface area contributed by atoms with Crippen LogP contribution in [0.4, 0.5) is 0 Å². The van der Waals surface area contributed by atoms with Crippen LogP contribution < -0.4 is 0 Å². The summed E-state index contributed by atoms with van der Waals surface area (Å²) in [6.07, 6.45) is 0. The highest BCUT2D eigenvalue weighted by atomic mass is 35.5. The molecule has 20 heavy (non-hydrogen) atoms. The molecule has 0 saturated heterocycles. The Morgan fingerprint density at radius 2 is 2.30 bits per heavy atom. The van der Waals surface area contributed by atoms with E-state index in [2.05, 4.69) is 15.3 Å². The molecule has 2 aromatic rings. The largest absolute Gasteiger partial charge is 0.391 e. The molecular weight excluding hydrogens is 312 g/mol. The lowest BCUT2D eigenvalue weighted by atomic mass is 10.1. The van der Waals surface area contributed by atoms with Gasteiger partial charge in [-0.05, 0) is 18.2 Å². The zero-order chi connectivity index (χ0) is 13.7. The summed E-state index contributed by atoms with van der Waals surface area (Å²) in [5, 5.41) is 14.7. The van der Waals surface area contributed by atoms with Crippen LogP contribution in [0.5, 0.6) is 0 Å². The van der Waals surface area contributed by atoms with E-state index in [-0.39, 0.29) is 6.61 Å². The summed E-state index contributed by atoms with van der Waals surface area (Å²) >= 11 is 9.42. The summed E-state index contributed by atoms with van der Waals surface area (Å²) in [6.45, 7) is 1.76. The highest BCUT2D eigenvalue weighted by Crippen LogP contribution is 2.44. The fourth-order valence-corrected chi connectivity index (χ4v) is 4.77. The van der Waals surface area contributed by atoms with Crippen molar-refractivity contribution in [3.8, 4) is 0 Å². The van der Waals surface area contributed by atoms with Crippen molar-refractivity contribution in [2.75, 3.05) is 19.7 Å². The minimum atomic E-state index is 0.0490. The molecule has 0 radical (unpaired) electrons. The third kappa shape index (κ3) is 1.81. The zero-order valence-corrected chi connectivity index (χ0v) is 12.9. The molecule has 0 bridgehead atoms. The predicted octanol–water partition coefficient (Wildman–Crippen LogP) is 3.63. The molecule has 3 heterocycles. The second kappa shape index (κ2) is 4.77. The summed E-state index contributed by atoms with van der Waals surface area (Å²) in [5.74, 6) is 0. The number of nitrogens with zero attached hydrogens (tertiary/aromatic N) is 2. The first-order valence-corrected chi connectivity index (χ1v) is 8.36. The van der Waals surface area contributed by atoms with Crippen molar-refractivity contribution in [2.45, 2.75) is 0 Å². The van der Waals surface area contributed by atoms with E-state index in [0.29, 0.717) is 0 Å². The van der Waals surface area contributed by atoms with Crippen molar-refractivity contribution >= 4 is 55.7 Å². The van der Waals surface area contributed by atoms with E-state index in [4.69, 9.17) is 11.6 Å². The van der Waals surface area contributed by atoms with Crippen LogP contribution in [0.3, 0.4) is 0 Å². The normalized spacial score (nSPS) is 18.1. The van der Waals surface area contributed by atoms with Crippen LogP contribution in [0.2, 0.25) is 5.02 Å². The average Bonchev–Trinajstić information content (AvgIpc) is 3.11. The van der Waals surface area contributed by atoms with E-state index in [0.717, 1.165) is 44.8 Å². The summed E-state index contributed by atoms with van der Waals surface area (Å²) in [4.78, 5) is 7.67. The Balaban J connectivity index is 1.93. The molecule has 0 saturated carbocycles. The van der Waals surface area contributed by atoms with Crippen LogP contribution in [0, 0.1) is 0 Å². The quantitative estimate of drug-likeness (QED) is 0.917. The molecule has 0 aliphatic carbocycles. The van der Waals surface area contributed by atoms with Gasteiger partial charge in [-0.3, -0.25) is 4.99 Å². The number of thioether (sulfide) groups is 1. The number of amidine groups is 1. The van der Waals surface area contributed by atoms with Crippen LogP contribution in [0.25, 0.3) is 15.8 Å². The topological polar surface area (TPSA) is 35.8 Å². The van der Waals surface area contributed by atoms with E-state index in [1.807, 2.05) is 18.2 Å².